The summed E-state index contributed by atoms with van der Waals surface area (Å²) in [6, 6.07) is 16.3. The third kappa shape index (κ3) is 4.73. The number of benzene rings is 2. The van der Waals surface area contributed by atoms with Gasteiger partial charge in [0.2, 0.25) is 5.91 Å². The minimum atomic E-state index is 0.186. The molecule has 0 saturated carbocycles. The van der Waals surface area contributed by atoms with Crippen LogP contribution in [0.1, 0.15) is 36.0 Å². The van der Waals surface area contributed by atoms with Crippen LogP contribution >= 0.6 is 0 Å². The lowest BCUT2D eigenvalue weighted by atomic mass is 10.1. The van der Waals surface area contributed by atoms with Gasteiger partial charge in [0.1, 0.15) is 0 Å². The molecule has 1 amide bonds. The molecule has 1 fully saturated rings. The van der Waals surface area contributed by atoms with Crippen molar-refractivity contribution in [1.29, 1.82) is 0 Å². The summed E-state index contributed by atoms with van der Waals surface area (Å²) in [4.78, 5) is 17.7. The Balaban J connectivity index is 1.79. The van der Waals surface area contributed by atoms with Gasteiger partial charge in [0.25, 0.3) is 0 Å². The molecule has 26 heavy (non-hydrogen) atoms. The minimum Gasteiger partial charge on any atom is -0.310 e. The van der Waals surface area contributed by atoms with Gasteiger partial charge in [0.15, 0.2) is 0 Å². The predicted octanol–water partition coefficient (Wildman–Crippen LogP) is 4.37. The highest BCUT2D eigenvalue weighted by atomic mass is 16.2. The Labute approximate surface area is 157 Å². The van der Waals surface area contributed by atoms with E-state index in [2.05, 4.69) is 36.9 Å². The molecular weight excluding hydrogens is 320 g/mol. The standard InChI is InChI=1S/C23H30N2O/c1-19-10-9-11-20(2)23(19)25(17-16-24-14-7-4-8-15-24)22(26)18-21-12-5-3-6-13-21/h3,5-6,9-13H,4,7-8,14-18H2,1-2H3. The summed E-state index contributed by atoms with van der Waals surface area (Å²) in [6.07, 6.45) is 4.35. The molecule has 1 saturated heterocycles. The molecule has 0 aromatic heterocycles. The average Bonchev–Trinajstić information content (AvgIpc) is 2.65. The summed E-state index contributed by atoms with van der Waals surface area (Å²) >= 11 is 0. The summed E-state index contributed by atoms with van der Waals surface area (Å²) < 4.78 is 0. The maximum absolute atomic E-state index is 13.2. The van der Waals surface area contributed by atoms with Crippen LogP contribution in [-0.2, 0) is 11.2 Å². The lowest BCUT2D eigenvalue weighted by Gasteiger charge is -2.31. The highest BCUT2D eigenvalue weighted by Gasteiger charge is 2.21. The number of amides is 1. The van der Waals surface area contributed by atoms with Crippen LogP contribution in [-0.4, -0.2) is 37.0 Å². The number of hydrogen-bond donors (Lipinski definition) is 0. The molecule has 1 heterocycles. The van der Waals surface area contributed by atoms with Gasteiger partial charge >= 0.3 is 0 Å². The van der Waals surface area contributed by atoms with Crippen molar-refractivity contribution >= 4 is 11.6 Å². The molecule has 0 aliphatic carbocycles. The molecule has 3 heteroatoms. The number of para-hydroxylation sites is 1. The number of carbonyl (C=O) groups is 1. The fourth-order valence-corrected chi connectivity index (χ4v) is 3.88. The Kier molecular flexibility index (Phi) is 6.45. The topological polar surface area (TPSA) is 23.6 Å². The largest absolute Gasteiger partial charge is 0.310 e. The molecule has 0 bridgehead atoms. The zero-order valence-electron chi connectivity index (χ0n) is 16.1. The quantitative estimate of drug-likeness (QED) is 0.772. The minimum absolute atomic E-state index is 0.186. The SMILES string of the molecule is Cc1cccc(C)c1N(CCN1CCCCC1)C(=O)Cc1ccccc1. The van der Waals surface area contributed by atoms with Gasteiger partial charge in [-0.15, -0.1) is 0 Å². The van der Waals surface area contributed by atoms with E-state index in [0.717, 1.165) is 37.4 Å². The number of likely N-dealkylation sites (tertiary alicyclic amines) is 1. The summed E-state index contributed by atoms with van der Waals surface area (Å²) in [5, 5.41) is 0. The summed E-state index contributed by atoms with van der Waals surface area (Å²) in [7, 11) is 0. The number of carbonyl (C=O) groups excluding carboxylic acids is 1. The second kappa shape index (κ2) is 9.00. The number of anilines is 1. The maximum Gasteiger partial charge on any atom is 0.231 e. The van der Waals surface area contributed by atoms with E-state index in [1.165, 1.54) is 30.4 Å². The van der Waals surface area contributed by atoms with Crippen molar-refractivity contribution in [2.45, 2.75) is 39.5 Å². The predicted molar refractivity (Wildman–Crippen MR) is 109 cm³/mol. The molecule has 2 aromatic rings. The zero-order valence-corrected chi connectivity index (χ0v) is 16.1. The molecule has 3 rings (SSSR count). The van der Waals surface area contributed by atoms with Gasteiger partial charge in [0.05, 0.1) is 6.42 Å². The van der Waals surface area contributed by atoms with E-state index in [-0.39, 0.29) is 5.91 Å². The number of hydrogen-bond acceptors (Lipinski definition) is 2. The molecular formula is C23H30N2O. The lowest BCUT2D eigenvalue weighted by molar-refractivity contribution is -0.118. The second-order valence-corrected chi connectivity index (χ2v) is 7.35. The Morgan fingerprint density at radius 3 is 2.23 bits per heavy atom. The van der Waals surface area contributed by atoms with Crippen LogP contribution < -0.4 is 4.90 Å². The van der Waals surface area contributed by atoms with E-state index in [1.807, 2.05) is 35.2 Å². The van der Waals surface area contributed by atoms with E-state index in [1.54, 1.807) is 0 Å². The van der Waals surface area contributed by atoms with Crippen LogP contribution in [0.15, 0.2) is 48.5 Å². The van der Waals surface area contributed by atoms with Crippen molar-refractivity contribution in [2.24, 2.45) is 0 Å². The monoisotopic (exact) mass is 350 g/mol. The van der Waals surface area contributed by atoms with Gasteiger partial charge in [-0.1, -0.05) is 55.0 Å². The Morgan fingerprint density at radius 2 is 1.58 bits per heavy atom. The van der Waals surface area contributed by atoms with Crippen molar-refractivity contribution in [3.63, 3.8) is 0 Å². The number of nitrogens with zero attached hydrogens (tertiary/aromatic N) is 2. The molecule has 0 atom stereocenters. The number of aryl methyl sites for hydroxylation is 2. The van der Waals surface area contributed by atoms with Gasteiger partial charge in [-0.3, -0.25) is 4.79 Å². The molecule has 0 radical (unpaired) electrons. The number of rotatable bonds is 6. The molecule has 0 N–H and O–H groups in total. The maximum atomic E-state index is 13.2. The van der Waals surface area contributed by atoms with E-state index in [4.69, 9.17) is 0 Å². The van der Waals surface area contributed by atoms with Crippen molar-refractivity contribution < 1.29 is 4.79 Å². The van der Waals surface area contributed by atoms with Crippen molar-refractivity contribution in [3.8, 4) is 0 Å². The van der Waals surface area contributed by atoms with E-state index in [9.17, 15) is 4.79 Å². The normalized spacial score (nSPS) is 15.0. The van der Waals surface area contributed by atoms with Crippen LogP contribution in [0.4, 0.5) is 5.69 Å². The lowest BCUT2D eigenvalue weighted by Crippen LogP contribution is -2.41. The van der Waals surface area contributed by atoms with Crippen LogP contribution in [0.2, 0.25) is 0 Å². The molecule has 1 aliphatic heterocycles. The molecule has 0 spiro atoms. The van der Waals surface area contributed by atoms with Gasteiger partial charge in [-0.2, -0.15) is 0 Å². The number of piperidine rings is 1. The van der Waals surface area contributed by atoms with Crippen LogP contribution in [0, 0.1) is 13.8 Å². The van der Waals surface area contributed by atoms with Crippen molar-refractivity contribution in [2.75, 3.05) is 31.1 Å². The molecule has 2 aromatic carbocycles. The summed E-state index contributed by atoms with van der Waals surface area (Å²) in [5.41, 5.74) is 4.51. The van der Waals surface area contributed by atoms with Crippen molar-refractivity contribution in [3.05, 3.63) is 65.2 Å². The Bertz CT molecular complexity index is 700. The van der Waals surface area contributed by atoms with Gasteiger partial charge in [0, 0.05) is 18.8 Å². The Hall–Kier alpha value is -2.13. The molecule has 0 unspecified atom stereocenters. The third-order valence-corrected chi connectivity index (χ3v) is 5.30. The van der Waals surface area contributed by atoms with Crippen molar-refractivity contribution in [1.82, 2.24) is 4.90 Å². The molecule has 1 aliphatic rings. The fourth-order valence-electron chi connectivity index (χ4n) is 3.88. The first-order valence-electron chi connectivity index (χ1n) is 9.78. The van der Waals surface area contributed by atoms with Gasteiger partial charge in [-0.25, -0.2) is 0 Å². The first kappa shape index (κ1) is 18.7. The summed E-state index contributed by atoms with van der Waals surface area (Å²) in [5.74, 6) is 0.186. The van der Waals surface area contributed by atoms with E-state index in [0.29, 0.717) is 6.42 Å². The highest BCUT2D eigenvalue weighted by Crippen LogP contribution is 2.25. The van der Waals surface area contributed by atoms with Crippen LogP contribution in [0.25, 0.3) is 0 Å². The Morgan fingerprint density at radius 1 is 0.923 bits per heavy atom. The van der Waals surface area contributed by atoms with Gasteiger partial charge in [-0.05, 0) is 56.5 Å². The van der Waals surface area contributed by atoms with Gasteiger partial charge < -0.3 is 9.80 Å². The molecule has 138 valence electrons. The third-order valence-electron chi connectivity index (χ3n) is 5.30. The average molecular weight is 351 g/mol. The first-order chi connectivity index (χ1) is 12.6. The first-order valence-corrected chi connectivity index (χ1v) is 9.78. The van der Waals surface area contributed by atoms with Crippen LogP contribution in [0.3, 0.4) is 0 Å². The smallest absolute Gasteiger partial charge is 0.231 e. The van der Waals surface area contributed by atoms with E-state index >= 15 is 0 Å². The summed E-state index contributed by atoms with van der Waals surface area (Å²) in [6.45, 7) is 8.24. The fraction of sp³-hybridized carbons (Fsp3) is 0.435. The highest BCUT2D eigenvalue weighted by molar-refractivity contribution is 5.96. The molecule has 3 nitrogen and oxygen atoms in total. The van der Waals surface area contributed by atoms with E-state index < -0.39 is 0 Å². The zero-order chi connectivity index (χ0) is 18.4. The second-order valence-electron chi connectivity index (χ2n) is 7.35. The van der Waals surface area contributed by atoms with Crippen LogP contribution in [0.5, 0.6) is 0 Å².